The lowest BCUT2D eigenvalue weighted by atomic mass is 10.1. The summed E-state index contributed by atoms with van der Waals surface area (Å²) >= 11 is 0. The molecular formula is C35H20N8. The van der Waals surface area contributed by atoms with Gasteiger partial charge in [0.1, 0.15) is 34.7 Å². The standard InChI is InChI=1S/C35H20N8/c1-2-7-21(8-3-1)22-9-6-10-24(15-22)43-29-12-5-4-11-25(29)26-16-23(13-14-30(26)43)35-40-33-31-27(17-36-19-38-31)28-18-37-20-39-32(28)34(33)41-42-35/h1-20H. The van der Waals surface area contributed by atoms with E-state index in [0.717, 1.165) is 43.8 Å². The zero-order valence-corrected chi connectivity index (χ0v) is 22.6. The fourth-order valence-corrected chi connectivity index (χ4v) is 6.05. The predicted octanol–water partition coefficient (Wildman–Crippen LogP) is 7.34. The van der Waals surface area contributed by atoms with Crippen molar-refractivity contribution >= 4 is 54.6 Å². The van der Waals surface area contributed by atoms with Gasteiger partial charge < -0.3 is 4.57 Å². The normalized spacial score (nSPS) is 11.7. The third-order valence-electron chi connectivity index (χ3n) is 7.99. The third kappa shape index (κ3) is 3.60. The van der Waals surface area contributed by atoms with Gasteiger partial charge in [0.05, 0.1) is 11.0 Å². The summed E-state index contributed by atoms with van der Waals surface area (Å²) in [6.07, 6.45) is 6.55. The van der Waals surface area contributed by atoms with Gasteiger partial charge in [-0.25, -0.2) is 24.9 Å². The highest BCUT2D eigenvalue weighted by molar-refractivity contribution is 6.20. The smallest absolute Gasteiger partial charge is 0.182 e. The first-order chi connectivity index (χ1) is 21.3. The lowest BCUT2D eigenvalue weighted by Crippen LogP contribution is -1.99. The van der Waals surface area contributed by atoms with Crippen LogP contribution in [-0.4, -0.2) is 39.7 Å². The van der Waals surface area contributed by atoms with Gasteiger partial charge in [-0.1, -0.05) is 60.7 Å². The summed E-state index contributed by atoms with van der Waals surface area (Å²) in [5.41, 5.74) is 9.15. The van der Waals surface area contributed by atoms with Crippen LogP contribution in [-0.2, 0) is 0 Å². The molecule has 8 nitrogen and oxygen atoms in total. The average molecular weight is 553 g/mol. The van der Waals surface area contributed by atoms with Gasteiger partial charge in [-0.3, -0.25) is 0 Å². The zero-order valence-electron chi connectivity index (χ0n) is 22.6. The molecule has 0 saturated carbocycles. The molecule has 43 heavy (non-hydrogen) atoms. The molecule has 0 aliphatic rings. The minimum absolute atomic E-state index is 0.519. The Bertz CT molecular complexity index is 2490. The zero-order chi connectivity index (χ0) is 28.3. The molecule has 4 heterocycles. The van der Waals surface area contributed by atoms with E-state index < -0.39 is 0 Å². The van der Waals surface area contributed by atoms with E-state index in [9.17, 15) is 0 Å². The third-order valence-corrected chi connectivity index (χ3v) is 7.99. The summed E-state index contributed by atoms with van der Waals surface area (Å²) < 4.78 is 2.32. The summed E-state index contributed by atoms with van der Waals surface area (Å²) in [4.78, 5) is 22.4. The van der Waals surface area contributed by atoms with E-state index in [1.54, 1.807) is 12.4 Å². The fraction of sp³-hybridized carbons (Fsp3) is 0. The maximum absolute atomic E-state index is 4.99. The van der Waals surface area contributed by atoms with Crippen LogP contribution >= 0.6 is 0 Å². The molecule has 0 radical (unpaired) electrons. The molecule has 0 bridgehead atoms. The van der Waals surface area contributed by atoms with Crippen LogP contribution in [0.1, 0.15) is 0 Å². The molecule has 0 atom stereocenters. The second kappa shape index (κ2) is 9.19. The van der Waals surface area contributed by atoms with Crippen molar-refractivity contribution in [2.24, 2.45) is 0 Å². The number of fused-ring (bicyclic) bond motifs is 9. The molecule has 200 valence electrons. The topological polar surface area (TPSA) is 95.2 Å². The molecule has 0 spiro atoms. The Labute approximate surface area is 244 Å². The molecular weight excluding hydrogens is 532 g/mol. The van der Waals surface area contributed by atoms with Crippen molar-refractivity contribution in [3.05, 3.63) is 122 Å². The molecule has 9 rings (SSSR count). The van der Waals surface area contributed by atoms with Gasteiger partial charge in [0.25, 0.3) is 0 Å². The van der Waals surface area contributed by atoms with Crippen molar-refractivity contribution in [3.8, 4) is 28.2 Å². The molecule has 0 unspecified atom stereocenters. The molecule has 0 N–H and O–H groups in total. The van der Waals surface area contributed by atoms with Crippen molar-refractivity contribution in [2.45, 2.75) is 0 Å². The summed E-state index contributed by atoms with van der Waals surface area (Å²) in [6, 6.07) is 34.0. The van der Waals surface area contributed by atoms with Gasteiger partial charge in [0.2, 0.25) is 0 Å². The van der Waals surface area contributed by atoms with Crippen LogP contribution in [0, 0.1) is 0 Å². The summed E-state index contributed by atoms with van der Waals surface area (Å²) in [7, 11) is 0. The highest BCUT2D eigenvalue weighted by atomic mass is 15.2. The lowest BCUT2D eigenvalue weighted by molar-refractivity contribution is 1.03. The van der Waals surface area contributed by atoms with E-state index in [4.69, 9.17) is 4.98 Å². The molecule has 0 aliphatic carbocycles. The van der Waals surface area contributed by atoms with E-state index in [0.29, 0.717) is 27.9 Å². The summed E-state index contributed by atoms with van der Waals surface area (Å²) in [5.74, 6) is 0.519. The number of para-hydroxylation sites is 1. The van der Waals surface area contributed by atoms with Gasteiger partial charge >= 0.3 is 0 Å². The van der Waals surface area contributed by atoms with Crippen LogP contribution in [0.15, 0.2) is 122 Å². The van der Waals surface area contributed by atoms with Crippen molar-refractivity contribution in [3.63, 3.8) is 0 Å². The minimum Gasteiger partial charge on any atom is -0.309 e. The Morgan fingerprint density at radius 3 is 2.02 bits per heavy atom. The van der Waals surface area contributed by atoms with Crippen molar-refractivity contribution in [2.75, 3.05) is 0 Å². The van der Waals surface area contributed by atoms with Crippen molar-refractivity contribution in [1.82, 2.24) is 39.7 Å². The summed E-state index contributed by atoms with van der Waals surface area (Å²) in [6.45, 7) is 0. The van der Waals surface area contributed by atoms with Gasteiger partial charge in [-0.15, -0.1) is 10.2 Å². The predicted molar refractivity (Wildman–Crippen MR) is 169 cm³/mol. The first-order valence-corrected chi connectivity index (χ1v) is 13.9. The van der Waals surface area contributed by atoms with E-state index in [2.05, 4.69) is 126 Å². The lowest BCUT2D eigenvalue weighted by Gasteiger charge is -2.11. The van der Waals surface area contributed by atoms with Gasteiger partial charge in [-0.05, 0) is 47.5 Å². The van der Waals surface area contributed by atoms with Crippen molar-refractivity contribution in [1.29, 1.82) is 0 Å². The van der Waals surface area contributed by atoms with Crippen LogP contribution in [0.2, 0.25) is 0 Å². The second-order valence-electron chi connectivity index (χ2n) is 10.4. The van der Waals surface area contributed by atoms with E-state index in [-0.39, 0.29) is 0 Å². The Kier molecular flexibility index (Phi) is 5.03. The number of hydrogen-bond acceptors (Lipinski definition) is 7. The first-order valence-electron chi connectivity index (χ1n) is 13.9. The Morgan fingerprint density at radius 2 is 1.19 bits per heavy atom. The molecule has 8 heteroatoms. The fourth-order valence-electron chi connectivity index (χ4n) is 6.05. The van der Waals surface area contributed by atoms with Crippen LogP contribution in [0.4, 0.5) is 0 Å². The number of rotatable bonds is 3. The van der Waals surface area contributed by atoms with Crippen LogP contribution < -0.4 is 0 Å². The molecule has 5 aromatic carbocycles. The molecule has 9 aromatic rings. The Balaban J connectivity index is 1.26. The van der Waals surface area contributed by atoms with Crippen LogP contribution in [0.25, 0.3) is 82.8 Å². The van der Waals surface area contributed by atoms with Crippen molar-refractivity contribution < 1.29 is 0 Å². The number of hydrogen-bond donors (Lipinski definition) is 0. The molecule has 0 amide bonds. The van der Waals surface area contributed by atoms with Crippen LogP contribution in [0.5, 0.6) is 0 Å². The van der Waals surface area contributed by atoms with E-state index >= 15 is 0 Å². The molecule has 4 aromatic heterocycles. The average Bonchev–Trinajstić information content (AvgIpc) is 3.42. The number of benzene rings is 5. The first kappa shape index (κ1) is 23.5. The molecule has 0 fully saturated rings. The Morgan fingerprint density at radius 1 is 0.465 bits per heavy atom. The van der Waals surface area contributed by atoms with E-state index in [1.807, 2.05) is 6.07 Å². The Hall–Kier alpha value is -6.15. The molecule has 0 saturated heterocycles. The van der Waals surface area contributed by atoms with E-state index in [1.165, 1.54) is 23.8 Å². The number of aromatic nitrogens is 8. The SMILES string of the molecule is c1ccc(-c2cccc(-n3c4ccccc4c4cc(-c5nnc6c7ncncc7c7cncnc7c6n5)ccc43)c2)cc1. The largest absolute Gasteiger partial charge is 0.309 e. The van der Waals surface area contributed by atoms with Crippen LogP contribution in [0.3, 0.4) is 0 Å². The maximum atomic E-state index is 4.99. The highest BCUT2D eigenvalue weighted by Gasteiger charge is 2.18. The van der Waals surface area contributed by atoms with Gasteiger partial charge in [0.15, 0.2) is 5.82 Å². The monoisotopic (exact) mass is 552 g/mol. The molecule has 0 aliphatic heterocycles. The minimum atomic E-state index is 0.519. The number of nitrogens with zero attached hydrogens (tertiary/aromatic N) is 8. The highest BCUT2D eigenvalue weighted by Crippen LogP contribution is 2.36. The maximum Gasteiger partial charge on any atom is 0.182 e. The second-order valence-corrected chi connectivity index (χ2v) is 10.4. The summed E-state index contributed by atoms with van der Waals surface area (Å²) in [5, 5.41) is 13.1. The van der Waals surface area contributed by atoms with Gasteiger partial charge in [0, 0.05) is 45.2 Å². The quantitative estimate of drug-likeness (QED) is 0.212. The van der Waals surface area contributed by atoms with Gasteiger partial charge in [-0.2, -0.15) is 0 Å².